The van der Waals surface area contributed by atoms with E-state index in [1.165, 1.54) is 6.42 Å². The van der Waals surface area contributed by atoms with Crippen molar-refractivity contribution in [1.82, 2.24) is 0 Å². The lowest BCUT2D eigenvalue weighted by atomic mass is 10.1. The zero-order chi connectivity index (χ0) is 10.2. The molecule has 1 aliphatic carbocycles. The highest BCUT2D eigenvalue weighted by molar-refractivity contribution is 9.11. The minimum absolute atomic E-state index is 0.186. The highest BCUT2D eigenvalue weighted by Gasteiger charge is 2.15. The van der Waals surface area contributed by atoms with Crippen molar-refractivity contribution in [3.8, 4) is 0 Å². The summed E-state index contributed by atoms with van der Waals surface area (Å²) in [6, 6.07) is 0. The number of methoxy groups -OCH3 is 1. The topological polar surface area (TPSA) is 27.7 Å². The molecule has 1 unspecified atom stereocenters. The fraction of sp³-hybridized carbons (Fsp3) is 0.800. The summed E-state index contributed by atoms with van der Waals surface area (Å²) in [5.74, 6) is 0. The van der Waals surface area contributed by atoms with E-state index in [0.717, 1.165) is 17.3 Å². The first-order chi connectivity index (χ1) is 6.84. The van der Waals surface area contributed by atoms with Gasteiger partial charge in [0.1, 0.15) is 6.79 Å². The second-order valence-corrected chi connectivity index (χ2v) is 4.11. The molecule has 0 aromatic carbocycles. The van der Waals surface area contributed by atoms with Crippen molar-refractivity contribution in [2.45, 2.75) is 25.4 Å². The molecule has 0 heterocycles. The normalized spacial score (nSPS) is 22.1. The molecule has 1 atom stereocenters. The van der Waals surface area contributed by atoms with Crippen LogP contribution in [-0.4, -0.2) is 33.2 Å². The van der Waals surface area contributed by atoms with Crippen LogP contribution < -0.4 is 0 Å². The maximum Gasteiger partial charge on any atom is 0.147 e. The molecule has 0 saturated carbocycles. The van der Waals surface area contributed by atoms with Crippen LogP contribution >= 0.6 is 15.9 Å². The summed E-state index contributed by atoms with van der Waals surface area (Å²) < 4.78 is 16.8. The summed E-state index contributed by atoms with van der Waals surface area (Å²) in [6.07, 6.45) is 5.77. The van der Waals surface area contributed by atoms with Crippen molar-refractivity contribution < 1.29 is 14.2 Å². The predicted molar refractivity (Wildman–Crippen MR) is 58.4 cm³/mol. The van der Waals surface area contributed by atoms with Gasteiger partial charge < -0.3 is 14.2 Å². The van der Waals surface area contributed by atoms with Gasteiger partial charge in [0.15, 0.2) is 0 Å². The number of halogens is 1. The first kappa shape index (κ1) is 12.2. The third-order valence-electron chi connectivity index (χ3n) is 2.10. The van der Waals surface area contributed by atoms with Crippen molar-refractivity contribution in [3.05, 3.63) is 10.6 Å². The lowest BCUT2D eigenvalue weighted by Crippen LogP contribution is -2.18. The van der Waals surface area contributed by atoms with Crippen LogP contribution in [0.3, 0.4) is 0 Å². The first-order valence-corrected chi connectivity index (χ1v) is 5.67. The summed E-state index contributed by atoms with van der Waals surface area (Å²) in [7, 11) is 1.66. The summed E-state index contributed by atoms with van der Waals surface area (Å²) >= 11 is 3.49. The minimum atomic E-state index is 0.186. The van der Waals surface area contributed by atoms with Gasteiger partial charge >= 0.3 is 0 Å². The molecule has 0 saturated heterocycles. The quantitative estimate of drug-likeness (QED) is 0.545. The van der Waals surface area contributed by atoms with Crippen LogP contribution in [0.5, 0.6) is 0 Å². The average molecular weight is 265 g/mol. The van der Waals surface area contributed by atoms with Crippen molar-refractivity contribution in [2.75, 3.05) is 27.1 Å². The van der Waals surface area contributed by atoms with Crippen molar-refractivity contribution in [1.29, 1.82) is 0 Å². The summed E-state index contributed by atoms with van der Waals surface area (Å²) in [5.41, 5.74) is 0. The number of ether oxygens (including phenoxy) is 3. The van der Waals surface area contributed by atoms with Crippen LogP contribution in [0.2, 0.25) is 0 Å². The average Bonchev–Trinajstić information content (AvgIpc) is 2.20. The van der Waals surface area contributed by atoms with Crippen LogP contribution in [0, 0.1) is 0 Å². The highest BCUT2D eigenvalue weighted by Crippen LogP contribution is 2.25. The lowest BCUT2D eigenvalue weighted by molar-refractivity contribution is -0.0882. The number of allylic oxidation sites excluding steroid dienone is 1. The predicted octanol–water partition coefficient (Wildman–Crippen LogP) is 2.45. The number of hydrogen-bond acceptors (Lipinski definition) is 3. The fourth-order valence-corrected chi connectivity index (χ4v) is 1.90. The molecule has 0 fully saturated rings. The zero-order valence-corrected chi connectivity index (χ0v) is 10.1. The Kier molecular flexibility index (Phi) is 6.43. The molecule has 0 bridgehead atoms. The standard InChI is InChI=1S/C10H17BrO3/c1-12-6-7-13-8-14-10-5-3-2-4-9(10)11/h4,10H,2-3,5-8H2,1H3. The van der Waals surface area contributed by atoms with Gasteiger partial charge in [0, 0.05) is 11.6 Å². The molecular formula is C10H17BrO3. The first-order valence-electron chi connectivity index (χ1n) is 4.88. The van der Waals surface area contributed by atoms with Gasteiger partial charge in [0.25, 0.3) is 0 Å². The Morgan fingerprint density at radius 3 is 3.07 bits per heavy atom. The maximum absolute atomic E-state index is 5.55. The Balaban J connectivity index is 2.05. The molecule has 14 heavy (non-hydrogen) atoms. The molecular weight excluding hydrogens is 248 g/mol. The van der Waals surface area contributed by atoms with Gasteiger partial charge in [-0.15, -0.1) is 0 Å². The molecule has 0 N–H and O–H groups in total. The van der Waals surface area contributed by atoms with Gasteiger partial charge in [0.05, 0.1) is 19.3 Å². The maximum atomic E-state index is 5.55. The molecule has 0 aromatic heterocycles. The summed E-state index contributed by atoms with van der Waals surface area (Å²) in [4.78, 5) is 0. The Morgan fingerprint density at radius 2 is 2.36 bits per heavy atom. The van der Waals surface area contributed by atoms with Crippen LogP contribution in [0.1, 0.15) is 19.3 Å². The Hall–Kier alpha value is 0.100. The van der Waals surface area contributed by atoms with E-state index >= 15 is 0 Å². The third-order valence-corrected chi connectivity index (χ3v) is 2.94. The Labute approximate surface area is 93.5 Å². The fourth-order valence-electron chi connectivity index (χ4n) is 1.31. The van der Waals surface area contributed by atoms with Gasteiger partial charge in [-0.3, -0.25) is 0 Å². The lowest BCUT2D eigenvalue weighted by Gasteiger charge is -2.20. The van der Waals surface area contributed by atoms with Crippen LogP contribution in [0.25, 0.3) is 0 Å². The van der Waals surface area contributed by atoms with Gasteiger partial charge in [-0.1, -0.05) is 22.0 Å². The van der Waals surface area contributed by atoms with Gasteiger partial charge in [-0.25, -0.2) is 0 Å². The highest BCUT2D eigenvalue weighted by atomic mass is 79.9. The molecule has 0 aromatic rings. The van der Waals surface area contributed by atoms with Crippen molar-refractivity contribution in [2.24, 2.45) is 0 Å². The van der Waals surface area contributed by atoms with Gasteiger partial charge in [-0.2, -0.15) is 0 Å². The third kappa shape index (κ3) is 4.55. The van der Waals surface area contributed by atoms with E-state index in [0.29, 0.717) is 20.0 Å². The molecule has 0 amide bonds. The molecule has 3 nitrogen and oxygen atoms in total. The number of rotatable bonds is 6. The van der Waals surface area contributed by atoms with E-state index in [4.69, 9.17) is 14.2 Å². The van der Waals surface area contributed by atoms with Gasteiger partial charge in [0.2, 0.25) is 0 Å². The van der Waals surface area contributed by atoms with E-state index in [1.807, 2.05) is 0 Å². The smallest absolute Gasteiger partial charge is 0.147 e. The zero-order valence-electron chi connectivity index (χ0n) is 8.50. The van der Waals surface area contributed by atoms with E-state index in [-0.39, 0.29) is 6.10 Å². The Morgan fingerprint density at radius 1 is 1.50 bits per heavy atom. The van der Waals surface area contributed by atoms with E-state index in [9.17, 15) is 0 Å². The molecule has 0 aliphatic heterocycles. The second-order valence-electron chi connectivity index (χ2n) is 3.19. The van der Waals surface area contributed by atoms with E-state index in [2.05, 4.69) is 22.0 Å². The van der Waals surface area contributed by atoms with E-state index in [1.54, 1.807) is 7.11 Å². The molecule has 1 aliphatic rings. The Bertz CT molecular complexity index is 182. The summed E-state index contributed by atoms with van der Waals surface area (Å²) in [6.45, 7) is 1.55. The molecule has 4 heteroatoms. The van der Waals surface area contributed by atoms with E-state index < -0.39 is 0 Å². The molecule has 1 rings (SSSR count). The van der Waals surface area contributed by atoms with Crippen LogP contribution in [0.4, 0.5) is 0 Å². The van der Waals surface area contributed by atoms with Crippen LogP contribution in [0.15, 0.2) is 10.6 Å². The largest absolute Gasteiger partial charge is 0.382 e. The SMILES string of the molecule is COCCOCOC1CCCC=C1Br. The second kappa shape index (κ2) is 7.40. The summed E-state index contributed by atoms with van der Waals surface area (Å²) in [5, 5.41) is 0. The molecule has 0 spiro atoms. The molecule has 82 valence electrons. The molecule has 0 radical (unpaired) electrons. The number of hydrogen-bond donors (Lipinski definition) is 0. The monoisotopic (exact) mass is 264 g/mol. The van der Waals surface area contributed by atoms with Crippen molar-refractivity contribution in [3.63, 3.8) is 0 Å². The minimum Gasteiger partial charge on any atom is -0.382 e. The van der Waals surface area contributed by atoms with Crippen LogP contribution in [-0.2, 0) is 14.2 Å². The van der Waals surface area contributed by atoms with Gasteiger partial charge in [-0.05, 0) is 19.3 Å². The van der Waals surface area contributed by atoms with Crippen molar-refractivity contribution >= 4 is 15.9 Å².